The van der Waals surface area contributed by atoms with Crippen LogP contribution in [0.3, 0.4) is 0 Å². The van der Waals surface area contributed by atoms with Gasteiger partial charge in [0.1, 0.15) is 5.60 Å². The number of nitrogens with zero attached hydrogens (tertiary/aromatic N) is 2. The predicted octanol–water partition coefficient (Wildman–Crippen LogP) is 2.82. The molecule has 1 aliphatic rings. The molecule has 1 aromatic heterocycles. The summed E-state index contributed by atoms with van der Waals surface area (Å²) in [7, 11) is 1.48. The largest absolute Gasteiger partial charge is 1.00 e. The van der Waals surface area contributed by atoms with Crippen molar-refractivity contribution in [2.24, 2.45) is 0 Å². The summed E-state index contributed by atoms with van der Waals surface area (Å²) in [6, 6.07) is 11.6. The molecule has 0 aliphatic carbocycles. The Bertz CT molecular complexity index is 1020. The second-order valence-electron chi connectivity index (χ2n) is 9.83. The predicted molar refractivity (Wildman–Crippen MR) is 146 cm³/mol. The number of piperidine rings is 1. The Morgan fingerprint density at radius 2 is 1.77 bits per heavy atom. The molecule has 0 saturated carbocycles. The summed E-state index contributed by atoms with van der Waals surface area (Å²) in [6.45, 7) is 14.3. The van der Waals surface area contributed by atoms with E-state index in [1.54, 1.807) is 23.2 Å². The number of ether oxygens (including phenoxy) is 2. The third kappa shape index (κ3) is 13.4. The first-order valence-electron chi connectivity index (χ1n) is 12.5. The maximum absolute atomic E-state index is 12.6. The SMILES string of the molecule is FC(F)(P)c1cc[c-]cc1.[CH2-]CC(C[CH2-])Oc1cc(C(=O)NC2CCN(C(=O)OC(C)(C)C)CC2)ccn1.[K+]. The molecule has 1 N–H and O–H groups in total. The Balaban J connectivity index is 0.000000581. The van der Waals surface area contributed by atoms with Crippen LogP contribution in [0.2, 0.25) is 0 Å². The molecule has 1 aliphatic heterocycles. The molecular weight excluding hydrogens is 550 g/mol. The van der Waals surface area contributed by atoms with Crippen LogP contribution in [0.4, 0.5) is 13.6 Å². The van der Waals surface area contributed by atoms with E-state index in [-0.39, 0.29) is 81.1 Å². The first kappa shape index (κ1) is 35.9. The number of nitrogens with one attached hydrogen (secondary N) is 1. The van der Waals surface area contributed by atoms with Crippen LogP contribution in [0.25, 0.3) is 0 Å². The van der Waals surface area contributed by atoms with E-state index in [0.717, 1.165) is 0 Å². The number of rotatable bonds is 7. The first-order chi connectivity index (χ1) is 17.8. The third-order valence-corrected chi connectivity index (χ3v) is 5.85. The molecule has 1 atom stereocenters. The molecule has 0 radical (unpaired) electrons. The van der Waals surface area contributed by atoms with E-state index in [0.29, 0.717) is 50.2 Å². The maximum Gasteiger partial charge on any atom is 1.00 e. The Morgan fingerprint density at radius 1 is 1.18 bits per heavy atom. The molecule has 210 valence electrons. The average molecular weight is 588 g/mol. The number of pyridine rings is 1. The van der Waals surface area contributed by atoms with Crippen molar-refractivity contribution in [3.63, 3.8) is 0 Å². The average Bonchev–Trinajstić information content (AvgIpc) is 2.87. The van der Waals surface area contributed by atoms with E-state index in [1.165, 1.54) is 33.5 Å². The summed E-state index contributed by atoms with van der Waals surface area (Å²) in [6.07, 6.45) is 3.66. The smallest absolute Gasteiger partial charge is 0.480 e. The summed E-state index contributed by atoms with van der Waals surface area (Å²) in [5.41, 5.74) is -2.83. The van der Waals surface area contributed by atoms with Crippen molar-refractivity contribution in [1.82, 2.24) is 15.2 Å². The fraction of sp³-hybridized carbons (Fsp3) is 0.464. The van der Waals surface area contributed by atoms with E-state index in [1.807, 2.05) is 20.8 Å². The van der Waals surface area contributed by atoms with Crippen molar-refractivity contribution in [2.75, 3.05) is 13.1 Å². The minimum absolute atomic E-state index is 0. The van der Waals surface area contributed by atoms with Gasteiger partial charge in [-0.2, -0.15) is 39.1 Å². The van der Waals surface area contributed by atoms with Crippen LogP contribution < -0.4 is 61.4 Å². The van der Waals surface area contributed by atoms with Crippen LogP contribution in [-0.2, 0) is 10.4 Å². The zero-order valence-corrected chi connectivity index (χ0v) is 27.5. The number of amides is 2. The molecule has 2 heterocycles. The van der Waals surface area contributed by atoms with Crippen molar-refractivity contribution >= 4 is 21.2 Å². The quantitative estimate of drug-likeness (QED) is 0.306. The van der Waals surface area contributed by atoms with Gasteiger partial charge in [0.15, 0.2) is 0 Å². The summed E-state index contributed by atoms with van der Waals surface area (Å²) in [5.74, 6) is 0.216. The number of carbonyl (C=O) groups is 2. The molecular formula is C28H37F2KN3O4P-2. The Morgan fingerprint density at radius 3 is 2.26 bits per heavy atom. The van der Waals surface area contributed by atoms with Gasteiger partial charge >= 0.3 is 57.5 Å². The molecule has 11 heteroatoms. The van der Waals surface area contributed by atoms with E-state index in [2.05, 4.69) is 30.2 Å². The second kappa shape index (κ2) is 16.9. The van der Waals surface area contributed by atoms with Crippen molar-refractivity contribution in [3.05, 3.63) is 73.6 Å². The Labute approximate surface area is 275 Å². The van der Waals surface area contributed by atoms with Crippen LogP contribution in [-0.4, -0.2) is 52.7 Å². The van der Waals surface area contributed by atoms with Gasteiger partial charge in [-0.15, -0.1) is 12.8 Å². The van der Waals surface area contributed by atoms with Gasteiger partial charge in [0.2, 0.25) is 5.88 Å². The number of hydrogen-bond donors (Lipinski definition) is 1. The molecule has 3 rings (SSSR count). The van der Waals surface area contributed by atoms with Gasteiger partial charge in [-0.05, 0) is 39.7 Å². The number of aromatic nitrogens is 1. The van der Waals surface area contributed by atoms with Crippen LogP contribution in [0, 0.1) is 19.9 Å². The second-order valence-corrected chi connectivity index (χ2v) is 10.6. The number of likely N-dealkylation sites (tertiary alicyclic amines) is 1. The van der Waals surface area contributed by atoms with Crippen molar-refractivity contribution in [1.29, 1.82) is 0 Å². The van der Waals surface area contributed by atoms with Gasteiger partial charge in [-0.25, -0.2) is 9.78 Å². The summed E-state index contributed by atoms with van der Waals surface area (Å²) >= 11 is 0. The van der Waals surface area contributed by atoms with Gasteiger partial charge in [-0.1, -0.05) is 14.8 Å². The number of hydrogen-bond acceptors (Lipinski definition) is 5. The van der Waals surface area contributed by atoms with Gasteiger partial charge in [0.25, 0.3) is 11.6 Å². The van der Waals surface area contributed by atoms with Crippen LogP contribution in [0.1, 0.15) is 62.4 Å². The van der Waals surface area contributed by atoms with Crippen molar-refractivity contribution < 1.29 is 79.2 Å². The monoisotopic (exact) mass is 587 g/mol. The maximum atomic E-state index is 12.6. The zero-order valence-electron chi connectivity index (χ0n) is 23.2. The Hall–Kier alpha value is -1.16. The van der Waals surface area contributed by atoms with Crippen molar-refractivity contribution in [3.8, 4) is 5.88 Å². The first-order valence-corrected chi connectivity index (χ1v) is 13.0. The van der Waals surface area contributed by atoms with Crippen LogP contribution in [0.5, 0.6) is 5.88 Å². The molecule has 0 spiro atoms. The molecule has 2 aromatic rings. The molecule has 1 unspecified atom stereocenters. The summed E-state index contributed by atoms with van der Waals surface area (Å²) in [5, 5.41) is 3.03. The van der Waals surface area contributed by atoms with Gasteiger partial charge < -0.3 is 33.5 Å². The van der Waals surface area contributed by atoms with Gasteiger partial charge in [-0.3, -0.25) is 4.79 Å². The van der Waals surface area contributed by atoms with Crippen LogP contribution in [0.15, 0.2) is 42.6 Å². The topological polar surface area (TPSA) is 80.8 Å². The molecule has 1 fully saturated rings. The molecule has 0 bridgehead atoms. The fourth-order valence-corrected chi connectivity index (χ4v) is 3.65. The number of halogens is 2. The molecule has 2 amide bonds. The standard InChI is InChI=1S/C21H31N3O4.C7H6F2P.K/c1-6-17(7-2)27-18-14-15(8-11-22-18)19(25)23-16-9-12-24(13-10-16)20(26)28-21(3,4)5;8-7(9,10)6-4-2-1-3-5-6;/h8,11,14,16-17H,1-2,6-7,9-10,12-13H2,3-5H3,(H,23,25);2-5H,10H2;/q-2;-1;+1. The fourth-order valence-electron chi connectivity index (χ4n) is 3.46. The molecule has 1 aromatic carbocycles. The third-order valence-electron chi connectivity index (χ3n) is 5.51. The van der Waals surface area contributed by atoms with Gasteiger partial charge in [0, 0.05) is 43.1 Å². The Kier molecular flexibility index (Phi) is 15.6. The van der Waals surface area contributed by atoms with Crippen molar-refractivity contribution in [2.45, 2.75) is 69.9 Å². The van der Waals surface area contributed by atoms with E-state index >= 15 is 0 Å². The molecule has 7 nitrogen and oxygen atoms in total. The van der Waals surface area contributed by atoms with Gasteiger partial charge in [0.05, 0.1) is 0 Å². The summed E-state index contributed by atoms with van der Waals surface area (Å²) < 4.78 is 35.9. The number of alkyl halides is 2. The minimum atomic E-state index is -2.81. The summed E-state index contributed by atoms with van der Waals surface area (Å²) in [4.78, 5) is 30.5. The van der Waals surface area contributed by atoms with E-state index < -0.39 is 11.3 Å². The minimum Gasteiger partial charge on any atom is -0.480 e. The van der Waals surface area contributed by atoms with E-state index in [4.69, 9.17) is 9.47 Å². The van der Waals surface area contributed by atoms with E-state index in [9.17, 15) is 18.4 Å². The number of carbonyl (C=O) groups excluding carboxylic acids is 2. The molecule has 39 heavy (non-hydrogen) atoms. The normalized spacial score (nSPS) is 14.0. The number of benzene rings is 1. The molecule has 1 saturated heterocycles. The zero-order chi connectivity index (χ0) is 28.3. The van der Waals surface area contributed by atoms with Crippen LogP contribution >= 0.6 is 9.24 Å².